The monoisotopic (exact) mass is 447 g/mol. The highest BCUT2D eigenvalue weighted by molar-refractivity contribution is 7.17. The van der Waals surface area contributed by atoms with Crippen LogP contribution in [0, 0.1) is 0 Å². The fourth-order valence-electron chi connectivity index (χ4n) is 3.52. The second-order valence-corrected chi connectivity index (χ2v) is 8.03. The number of carbonyl (C=O) groups is 3. The number of carbonyl (C=O) groups excluding carboxylic acids is 3. The van der Waals surface area contributed by atoms with Crippen LogP contribution >= 0.6 is 11.3 Å². The Balaban J connectivity index is 1.60. The molecule has 9 heteroatoms. The highest BCUT2D eigenvalue weighted by Crippen LogP contribution is 2.45. The second-order valence-electron chi connectivity index (χ2n) is 6.92. The molecule has 0 radical (unpaired) electrons. The van der Waals surface area contributed by atoms with Crippen LogP contribution in [0.2, 0.25) is 0 Å². The van der Waals surface area contributed by atoms with Crippen LogP contribution in [0.3, 0.4) is 0 Å². The Morgan fingerprint density at radius 1 is 1.06 bits per heavy atom. The Labute approximate surface area is 184 Å². The summed E-state index contributed by atoms with van der Waals surface area (Å²) >= 11 is 1.31. The molecule has 0 fully saturated rings. The van der Waals surface area contributed by atoms with Gasteiger partial charge >= 0.3 is 11.9 Å². The van der Waals surface area contributed by atoms with Gasteiger partial charge in [-0.3, -0.25) is 9.59 Å². The Kier molecular flexibility index (Phi) is 7.51. The molecule has 1 amide bonds. The van der Waals surface area contributed by atoms with Crippen molar-refractivity contribution in [3.63, 3.8) is 0 Å². The predicted molar refractivity (Wildman–Crippen MR) is 115 cm³/mol. The number of aryl methyl sites for hydroxylation is 1. The van der Waals surface area contributed by atoms with Crippen LogP contribution in [0.25, 0.3) is 0 Å². The van der Waals surface area contributed by atoms with Crippen molar-refractivity contribution in [2.75, 3.05) is 33.3 Å². The molecular weight excluding hydrogens is 422 g/mol. The van der Waals surface area contributed by atoms with Crippen molar-refractivity contribution in [2.24, 2.45) is 0 Å². The molecule has 1 heterocycles. The Morgan fingerprint density at radius 2 is 1.77 bits per heavy atom. The van der Waals surface area contributed by atoms with E-state index in [9.17, 15) is 14.4 Å². The molecule has 0 saturated carbocycles. The van der Waals surface area contributed by atoms with Crippen molar-refractivity contribution in [3.8, 4) is 11.5 Å². The lowest BCUT2D eigenvalue weighted by Gasteiger charge is -2.12. The number of anilines is 1. The molecule has 2 aromatic rings. The molecule has 1 atom stereocenters. The quantitative estimate of drug-likeness (QED) is 0.463. The first-order valence-electron chi connectivity index (χ1n) is 9.86. The van der Waals surface area contributed by atoms with E-state index in [4.69, 9.17) is 18.9 Å². The molecular formula is C22H25NO7S. The predicted octanol–water partition coefficient (Wildman–Crippen LogP) is 3.54. The summed E-state index contributed by atoms with van der Waals surface area (Å²) < 4.78 is 20.5. The van der Waals surface area contributed by atoms with Crippen molar-refractivity contribution in [3.05, 3.63) is 40.3 Å². The lowest BCUT2D eigenvalue weighted by molar-refractivity contribution is -0.142. The van der Waals surface area contributed by atoms with Crippen LogP contribution in [0.1, 0.15) is 46.0 Å². The molecule has 1 aromatic heterocycles. The molecule has 0 bridgehead atoms. The number of esters is 2. The van der Waals surface area contributed by atoms with Gasteiger partial charge in [-0.15, -0.1) is 11.3 Å². The van der Waals surface area contributed by atoms with Gasteiger partial charge in [-0.25, -0.2) is 4.79 Å². The molecule has 3 rings (SSSR count). The van der Waals surface area contributed by atoms with Crippen LogP contribution in [-0.4, -0.2) is 45.8 Å². The van der Waals surface area contributed by atoms with Gasteiger partial charge in [-0.05, 0) is 49.1 Å². The maximum Gasteiger partial charge on any atom is 0.341 e. The number of hydrogen-bond donors (Lipinski definition) is 1. The maximum atomic E-state index is 12.4. The number of fused-ring (bicyclic) bond motifs is 1. The number of methoxy groups -OCH3 is 3. The van der Waals surface area contributed by atoms with Gasteiger partial charge in [0.25, 0.3) is 0 Å². The topological polar surface area (TPSA) is 100 Å². The van der Waals surface area contributed by atoms with Gasteiger partial charge in [0.15, 0.2) is 0 Å². The first-order chi connectivity index (χ1) is 15.0. The van der Waals surface area contributed by atoms with E-state index in [1.807, 2.05) is 0 Å². The molecule has 166 valence electrons. The molecule has 1 aliphatic rings. The van der Waals surface area contributed by atoms with E-state index in [1.54, 1.807) is 31.4 Å². The molecule has 1 aromatic carbocycles. The average molecular weight is 448 g/mol. The number of benzene rings is 1. The first-order valence-corrected chi connectivity index (χ1v) is 10.7. The van der Waals surface area contributed by atoms with Crippen molar-refractivity contribution in [2.45, 2.75) is 31.6 Å². The summed E-state index contributed by atoms with van der Waals surface area (Å²) in [7, 11) is 4.19. The SMILES string of the molecule is COC(=O)c1c(NC(=O)CCCOc2ccc(OC)cc2)sc2c1C(C(=O)OC)CC2. The fraction of sp³-hybridized carbons (Fsp3) is 0.409. The zero-order valence-electron chi connectivity index (χ0n) is 17.7. The number of nitrogens with one attached hydrogen (secondary N) is 1. The maximum absolute atomic E-state index is 12.4. The number of amides is 1. The third-order valence-electron chi connectivity index (χ3n) is 5.04. The Hall–Kier alpha value is -3.07. The molecule has 0 spiro atoms. The van der Waals surface area contributed by atoms with Gasteiger partial charge in [0, 0.05) is 11.3 Å². The number of hydrogen-bond acceptors (Lipinski definition) is 8. The molecule has 8 nitrogen and oxygen atoms in total. The van der Waals surface area contributed by atoms with Gasteiger partial charge in [0.1, 0.15) is 16.5 Å². The van der Waals surface area contributed by atoms with Crippen LogP contribution < -0.4 is 14.8 Å². The summed E-state index contributed by atoms with van der Waals surface area (Å²) in [5.41, 5.74) is 0.861. The number of ether oxygens (including phenoxy) is 4. The minimum absolute atomic E-state index is 0.222. The van der Waals surface area contributed by atoms with Gasteiger partial charge in [-0.2, -0.15) is 0 Å². The van der Waals surface area contributed by atoms with Gasteiger partial charge in [-0.1, -0.05) is 0 Å². The van der Waals surface area contributed by atoms with Crippen molar-refractivity contribution < 1.29 is 33.3 Å². The lowest BCUT2D eigenvalue weighted by atomic mass is 9.99. The van der Waals surface area contributed by atoms with Crippen molar-refractivity contribution in [1.29, 1.82) is 0 Å². The highest BCUT2D eigenvalue weighted by Gasteiger charge is 2.38. The van der Waals surface area contributed by atoms with Crippen molar-refractivity contribution in [1.82, 2.24) is 0 Å². The normalized spacial score (nSPS) is 14.5. The van der Waals surface area contributed by atoms with E-state index in [0.717, 1.165) is 10.6 Å². The van der Waals surface area contributed by atoms with Crippen LogP contribution in [0.15, 0.2) is 24.3 Å². The van der Waals surface area contributed by atoms with E-state index in [0.29, 0.717) is 42.2 Å². The molecule has 0 saturated heterocycles. The third-order valence-corrected chi connectivity index (χ3v) is 6.22. The molecule has 1 N–H and O–H groups in total. The summed E-state index contributed by atoms with van der Waals surface area (Å²) in [5, 5.41) is 3.21. The van der Waals surface area contributed by atoms with E-state index in [2.05, 4.69) is 5.32 Å². The molecule has 1 aliphatic carbocycles. The number of thiophene rings is 1. The van der Waals surface area contributed by atoms with Gasteiger partial charge in [0.05, 0.1) is 39.4 Å². The van der Waals surface area contributed by atoms with E-state index < -0.39 is 17.9 Å². The molecule has 0 aliphatic heterocycles. The Morgan fingerprint density at radius 3 is 2.42 bits per heavy atom. The van der Waals surface area contributed by atoms with Crippen molar-refractivity contribution >= 4 is 34.2 Å². The number of rotatable bonds is 9. The van der Waals surface area contributed by atoms with Crippen LogP contribution in [-0.2, 0) is 25.5 Å². The zero-order valence-corrected chi connectivity index (χ0v) is 18.5. The highest BCUT2D eigenvalue weighted by atomic mass is 32.1. The molecule has 1 unspecified atom stereocenters. The van der Waals surface area contributed by atoms with E-state index in [1.165, 1.54) is 25.6 Å². The van der Waals surface area contributed by atoms with Crippen LogP contribution in [0.5, 0.6) is 11.5 Å². The summed E-state index contributed by atoms with van der Waals surface area (Å²) in [4.78, 5) is 37.9. The summed E-state index contributed by atoms with van der Waals surface area (Å²) in [5.74, 6) is -0.295. The first kappa shape index (κ1) is 22.6. The Bertz CT molecular complexity index is 952. The fourth-order valence-corrected chi connectivity index (χ4v) is 4.80. The second kappa shape index (κ2) is 10.3. The largest absolute Gasteiger partial charge is 0.497 e. The van der Waals surface area contributed by atoms with Gasteiger partial charge < -0.3 is 24.3 Å². The smallest absolute Gasteiger partial charge is 0.341 e. The van der Waals surface area contributed by atoms with E-state index in [-0.39, 0.29) is 17.9 Å². The summed E-state index contributed by atoms with van der Waals surface area (Å²) in [6.07, 6.45) is 1.95. The average Bonchev–Trinajstić information content (AvgIpc) is 3.34. The zero-order chi connectivity index (χ0) is 22.4. The minimum atomic E-state index is -0.577. The van der Waals surface area contributed by atoms with Crippen LogP contribution in [0.4, 0.5) is 5.00 Å². The standard InChI is InChI=1S/C22H25NO7S/c1-27-13-6-8-14(9-7-13)30-12-4-5-17(24)23-20-19(22(26)29-3)18-15(21(25)28-2)10-11-16(18)31-20/h6-9,15H,4-5,10-12H2,1-3H3,(H,23,24). The van der Waals surface area contributed by atoms with E-state index >= 15 is 0 Å². The lowest BCUT2D eigenvalue weighted by Crippen LogP contribution is -2.18. The third kappa shape index (κ3) is 5.16. The molecule has 31 heavy (non-hydrogen) atoms. The summed E-state index contributed by atoms with van der Waals surface area (Å²) in [6.45, 7) is 0.370. The van der Waals surface area contributed by atoms with Gasteiger partial charge in [0.2, 0.25) is 5.91 Å². The summed E-state index contributed by atoms with van der Waals surface area (Å²) in [6, 6.07) is 7.20. The minimum Gasteiger partial charge on any atom is -0.497 e.